The van der Waals surface area contributed by atoms with Crippen LogP contribution < -0.4 is 0 Å². The number of carbonyl (C=O) groups is 1. The lowest BCUT2D eigenvalue weighted by Crippen LogP contribution is -2.57. The summed E-state index contributed by atoms with van der Waals surface area (Å²) in [5.41, 5.74) is -2.87. The summed E-state index contributed by atoms with van der Waals surface area (Å²) >= 11 is 5.73. The highest BCUT2D eigenvalue weighted by atomic mass is 35.5. The Balaban J connectivity index is 2.18. The van der Waals surface area contributed by atoms with E-state index in [1.165, 1.54) is 6.20 Å². The monoisotopic (exact) mass is 310 g/mol. The summed E-state index contributed by atoms with van der Waals surface area (Å²) in [6, 6.07) is 0. The molecule has 0 fully saturated rings. The number of halogens is 4. The Morgan fingerprint density at radius 1 is 1.60 bits per heavy atom. The van der Waals surface area contributed by atoms with Crippen LogP contribution in [0.15, 0.2) is 11.3 Å². The van der Waals surface area contributed by atoms with Crippen molar-refractivity contribution in [2.45, 2.75) is 31.8 Å². The van der Waals surface area contributed by atoms with Gasteiger partial charge >= 0.3 is 6.18 Å². The van der Waals surface area contributed by atoms with Crippen LogP contribution in [0.2, 0.25) is 5.02 Å². The van der Waals surface area contributed by atoms with E-state index in [9.17, 15) is 23.1 Å². The Bertz CT molecular complexity index is 552. The fourth-order valence-electron chi connectivity index (χ4n) is 1.72. The zero-order valence-electron chi connectivity index (χ0n) is 10.2. The number of hydrogen-bond donors (Lipinski definition) is 1. The van der Waals surface area contributed by atoms with Crippen LogP contribution in [0.5, 0.6) is 0 Å². The van der Waals surface area contributed by atoms with Gasteiger partial charge in [-0.25, -0.2) is 0 Å². The molecule has 20 heavy (non-hydrogen) atoms. The number of aliphatic hydroxyl groups is 1. The van der Waals surface area contributed by atoms with Crippen LogP contribution in [-0.2, 0) is 11.3 Å². The van der Waals surface area contributed by atoms with Gasteiger partial charge < -0.3 is 5.11 Å². The molecular formula is C10H10ClF3N4O2. The normalized spacial score (nSPS) is 22.6. The fraction of sp³-hybridized carbons (Fsp3) is 0.500. The van der Waals surface area contributed by atoms with Gasteiger partial charge in [0, 0.05) is 18.8 Å². The van der Waals surface area contributed by atoms with Crippen molar-refractivity contribution in [1.29, 1.82) is 0 Å². The van der Waals surface area contributed by atoms with Gasteiger partial charge in [-0.2, -0.15) is 28.4 Å². The summed E-state index contributed by atoms with van der Waals surface area (Å²) in [5.74, 6) is -1.04. The highest BCUT2D eigenvalue weighted by Gasteiger charge is 2.61. The molecule has 2 rings (SSSR count). The van der Waals surface area contributed by atoms with E-state index in [0.29, 0.717) is 5.69 Å². The first-order valence-electron chi connectivity index (χ1n) is 5.49. The summed E-state index contributed by atoms with van der Waals surface area (Å²) in [4.78, 5) is 11.8. The molecule has 0 bridgehead atoms. The molecule has 1 aliphatic rings. The van der Waals surface area contributed by atoms with Gasteiger partial charge in [-0.1, -0.05) is 11.6 Å². The molecule has 0 aliphatic carbocycles. The van der Waals surface area contributed by atoms with Crippen LogP contribution in [-0.4, -0.2) is 43.9 Å². The predicted octanol–water partition coefficient (Wildman–Crippen LogP) is 1.31. The van der Waals surface area contributed by atoms with Crippen LogP contribution >= 0.6 is 11.6 Å². The van der Waals surface area contributed by atoms with Crippen molar-refractivity contribution in [3.63, 3.8) is 0 Å². The minimum absolute atomic E-state index is 0.0257. The minimum Gasteiger partial charge on any atom is -0.362 e. The number of aryl methyl sites for hydroxylation is 1. The number of amides is 1. The van der Waals surface area contributed by atoms with Gasteiger partial charge in [0.05, 0.1) is 10.7 Å². The first-order valence-corrected chi connectivity index (χ1v) is 5.87. The second-order valence-corrected chi connectivity index (χ2v) is 4.69. The van der Waals surface area contributed by atoms with Gasteiger partial charge in [0.25, 0.3) is 11.6 Å². The second kappa shape index (κ2) is 4.74. The van der Waals surface area contributed by atoms with Crippen LogP contribution in [0.25, 0.3) is 0 Å². The largest absolute Gasteiger partial charge is 0.438 e. The molecule has 2 heterocycles. The molecule has 0 saturated carbocycles. The van der Waals surface area contributed by atoms with Gasteiger partial charge in [-0.05, 0) is 6.92 Å². The smallest absolute Gasteiger partial charge is 0.362 e. The molecule has 1 atom stereocenters. The summed E-state index contributed by atoms with van der Waals surface area (Å²) in [6.07, 6.45) is -3.66. The number of rotatable bonds is 2. The van der Waals surface area contributed by atoms with Gasteiger partial charge in [-0.15, -0.1) is 0 Å². The van der Waals surface area contributed by atoms with E-state index in [1.54, 1.807) is 6.92 Å². The predicted molar refractivity (Wildman–Crippen MR) is 62.9 cm³/mol. The van der Waals surface area contributed by atoms with Crippen LogP contribution in [0.3, 0.4) is 0 Å². The standard InChI is InChI=1S/C10H10ClF3N4O2/c1-6-7(11)4-17(16-6)5-8(19)18-9(20,2-3-15-18)10(12,13)14/h3-4,20H,2,5H2,1H3/t9-/m1/s1. The third-order valence-corrected chi connectivity index (χ3v) is 3.17. The molecule has 10 heteroatoms. The number of hydrazone groups is 1. The van der Waals surface area contributed by atoms with Crippen molar-refractivity contribution in [3.05, 3.63) is 16.9 Å². The van der Waals surface area contributed by atoms with E-state index in [2.05, 4.69) is 10.2 Å². The SMILES string of the molecule is Cc1nn(CC(=O)N2N=CC[C@@]2(O)C(F)(F)F)cc1Cl. The number of aromatic nitrogens is 2. The molecule has 110 valence electrons. The van der Waals surface area contributed by atoms with E-state index in [4.69, 9.17) is 11.6 Å². The molecule has 1 aromatic heterocycles. The number of alkyl halides is 3. The molecule has 0 unspecified atom stereocenters. The van der Waals surface area contributed by atoms with Crippen molar-refractivity contribution in [2.24, 2.45) is 5.10 Å². The van der Waals surface area contributed by atoms with Gasteiger partial charge in [-0.3, -0.25) is 9.48 Å². The zero-order valence-corrected chi connectivity index (χ0v) is 11.0. The lowest BCUT2D eigenvalue weighted by molar-refractivity contribution is -0.302. The van der Waals surface area contributed by atoms with Crippen LogP contribution in [0, 0.1) is 6.92 Å². The zero-order chi connectivity index (χ0) is 15.1. The van der Waals surface area contributed by atoms with Gasteiger partial charge in [0.15, 0.2) is 0 Å². The molecule has 0 spiro atoms. The first-order chi connectivity index (χ1) is 9.15. The second-order valence-electron chi connectivity index (χ2n) is 4.28. The average Bonchev–Trinajstić information content (AvgIpc) is 2.83. The third-order valence-electron chi connectivity index (χ3n) is 2.80. The molecule has 1 aromatic rings. The van der Waals surface area contributed by atoms with Crippen LogP contribution in [0.4, 0.5) is 13.2 Å². The molecular weight excluding hydrogens is 301 g/mol. The first kappa shape index (κ1) is 14.8. The number of nitrogens with zero attached hydrogens (tertiary/aromatic N) is 4. The van der Waals surface area contributed by atoms with E-state index in [1.807, 2.05) is 0 Å². The highest BCUT2D eigenvalue weighted by molar-refractivity contribution is 6.31. The molecule has 0 saturated heterocycles. The van der Waals surface area contributed by atoms with Gasteiger partial charge in [0.2, 0.25) is 0 Å². The maximum absolute atomic E-state index is 12.8. The average molecular weight is 311 g/mol. The maximum atomic E-state index is 12.8. The maximum Gasteiger partial charge on any atom is 0.438 e. The van der Waals surface area contributed by atoms with Crippen molar-refractivity contribution in [1.82, 2.24) is 14.8 Å². The summed E-state index contributed by atoms with van der Waals surface area (Å²) in [6.45, 7) is 1.08. The summed E-state index contributed by atoms with van der Waals surface area (Å²) in [7, 11) is 0. The van der Waals surface area contributed by atoms with E-state index < -0.39 is 30.8 Å². The Morgan fingerprint density at radius 3 is 2.75 bits per heavy atom. The number of carbonyl (C=O) groups excluding carboxylic acids is 1. The topological polar surface area (TPSA) is 70.7 Å². The lowest BCUT2D eigenvalue weighted by Gasteiger charge is -2.32. The Kier molecular flexibility index (Phi) is 3.51. The molecule has 1 N–H and O–H groups in total. The Labute approximate surface area is 116 Å². The van der Waals surface area contributed by atoms with Crippen molar-refractivity contribution < 1.29 is 23.1 Å². The van der Waals surface area contributed by atoms with Crippen molar-refractivity contribution in [3.8, 4) is 0 Å². The Hall–Kier alpha value is -1.61. The van der Waals surface area contributed by atoms with E-state index >= 15 is 0 Å². The molecule has 0 radical (unpaired) electrons. The summed E-state index contributed by atoms with van der Waals surface area (Å²) < 4.78 is 39.5. The molecule has 1 aliphatic heterocycles. The number of hydrogen-bond acceptors (Lipinski definition) is 4. The molecule has 6 nitrogen and oxygen atoms in total. The van der Waals surface area contributed by atoms with E-state index in [0.717, 1.165) is 10.9 Å². The van der Waals surface area contributed by atoms with Crippen molar-refractivity contribution >= 4 is 23.7 Å². The molecule has 0 aromatic carbocycles. The quantitative estimate of drug-likeness (QED) is 0.895. The Morgan fingerprint density at radius 2 is 2.25 bits per heavy atom. The highest BCUT2D eigenvalue weighted by Crippen LogP contribution is 2.38. The molecule has 1 amide bonds. The summed E-state index contributed by atoms with van der Waals surface area (Å²) in [5, 5.41) is 17.1. The van der Waals surface area contributed by atoms with E-state index in [-0.39, 0.29) is 10.0 Å². The fourth-order valence-corrected chi connectivity index (χ4v) is 1.87. The minimum atomic E-state index is -5.00. The van der Waals surface area contributed by atoms with Crippen molar-refractivity contribution in [2.75, 3.05) is 0 Å². The van der Waals surface area contributed by atoms with Gasteiger partial charge in [0.1, 0.15) is 6.54 Å². The third kappa shape index (κ3) is 2.38. The van der Waals surface area contributed by atoms with Crippen LogP contribution in [0.1, 0.15) is 12.1 Å². The lowest BCUT2D eigenvalue weighted by atomic mass is 10.1.